The van der Waals surface area contributed by atoms with E-state index in [1.165, 1.54) is 172 Å². The minimum absolute atomic E-state index is 0. The molecule has 0 aliphatic heterocycles. The molecule has 276 valence electrons. The zero-order valence-electron chi connectivity index (χ0n) is 32.2. The van der Waals surface area contributed by atoms with Gasteiger partial charge in [0.15, 0.2) is 0 Å². The fourth-order valence-corrected chi connectivity index (χ4v) is 18.0. The minimum Gasteiger partial charge on any atom is -1.00 e. The number of rotatable bonds is 6. The first-order valence-corrected chi connectivity index (χ1v) is 23.3. The Morgan fingerprint density at radius 2 is 0.667 bits per heavy atom. The van der Waals surface area contributed by atoms with Gasteiger partial charge in [0.05, 0.1) is 0 Å². The zero-order valence-corrected chi connectivity index (χ0v) is 39.1. The molecule has 4 aromatic rings. The van der Waals surface area contributed by atoms with E-state index in [9.17, 15) is 0 Å². The third-order valence-electron chi connectivity index (χ3n) is 13.1. The van der Waals surface area contributed by atoms with Crippen molar-refractivity contribution in [2.45, 2.75) is 179 Å². The Bertz CT molecular complexity index is 1390. The third-order valence-corrected chi connectivity index (χ3v) is 20.0. The Balaban J connectivity index is 0.000000216. The van der Waals surface area contributed by atoms with Crippen LogP contribution < -0.4 is 35.4 Å². The smallest absolute Gasteiger partial charge is 1.00 e. The van der Waals surface area contributed by atoms with Crippen LogP contribution in [0.4, 0.5) is 0 Å². The summed E-state index contributed by atoms with van der Waals surface area (Å²) < 4.78 is 0. The van der Waals surface area contributed by atoms with E-state index in [4.69, 9.17) is 0 Å². The van der Waals surface area contributed by atoms with Gasteiger partial charge in [0, 0.05) is 0 Å². The quantitative estimate of drug-likeness (QED) is 0.105. The molecule has 0 N–H and O–H groups in total. The molecule has 4 aromatic carbocycles. The van der Waals surface area contributed by atoms with Gasteiger partial charge in [-0.15, -0.1) is 67.5 Å². The second kappa shape index (κ2) is 20.8. The fourth-order valence-electron chi connectivity index (χ4n) is 10.3. The topological polar surface area (TPSA) is 0 Å². The van der Waals surface area contributed by atoms with Gasteiger partial charge in [-0.05, 0) is 87.9 Å². The third kappa shape index (κ3) is 10.2. The number of benzene rings is 2. The summed E-state index contributed by atoms with van der Waals surface area (Å²) in [4.78, 5) is 0. The van der Waals surface area contributed by atoms with Crippen LogP contribution in [0.2, 0.25) is 0 Å². The van der Waals surface area contributed by atoms with Crippen molar-refractivity contribution in [3.8, 4) is 0 Å². The SMILES string of the molecule is Cc1ccc(C)c2[cH-]c(P(C3CCCCC3)C3CCCCC3)cc12.Cc1ccc(C)c2[cH-]c(P(C3CCCCC3)C3CCCCC3)cc12.[Cl-].[Cl-].[Hf+4]. The average molecular weight is 928 g/mol. The van der Waals surface area contributed by atoms with E-state index in [0.717, 1.165) is 22.6 Å². The molecule has 4 saturated carbocycles. The summed E-state index contributed by atoms with van der Waals surface area (Å²) >= 11 is 0. The Hall–Kier alpha value is -0.0299. The van der Waals surface area contributed by atoms with E-state index in [2.05, 4.69) is 76.2 Å². The summed E-state index contributed by atoms with van der Waals surface area (Å²) in [6.45, 7) is 9.15. The van der Waals surface area contributed by atoms with E-state index in [0.29, 0.717) is 0 Å². The molecule has 0 nitrogen and oxygen atoms in total. The van der Waals surface area contributed by atoms with E-state index < -0.39 is 0 Å². The molecule has 4 aliphatic carbocycles. The molecule has 8 rings (SSSR count). The summed E-state index contributed by atoms with van der Waals surface area (Å²) in [5, 5.41) is 9.62. The van der Waals surface area contributed by atoms with Crippen LogP contribution in [0.15, 0.2) is 48.5 Å². The Morgan fingerprint density at radius 1 is 0.412 bits per heavy atom. The van der Waals surface area contributed by atoms with Crippen molar-refractivity contribution >= 4 is 48.0 Å². The Labute approximate surface area is 345 Å². The molecule has 0 saturated heterocycles. The van der Waals surface area contributed by atoms with Crippen molar-refractivity contribution < 1.29 is 50.7 Å². The van der Waals surface area contributed by atoms with Crippen LogP contribution in [0.5, 0.6) is 0 Å². The van der Waals surface area contributed by atoms with E-state index in [1.54, 1.807) is 10.6 Å². The molecule has 0 heterocycles. The first-order chi connectivity index (χ1) is 23.5. The molecule has 0 aromatic heterocycles. The molecule has 0 spiro atoms. The first kappa shape index (κ1) is 43.7. The van der Waals surface area contributed by atoms with Gasteiger partial charge in [-0.3, -0.25) is 0 Å². The van der Waals surface area contributed by atoms with Gasteiger partial charge in [-0.1, -0.05) is 130 Å². The van der Waals surface area contributed by atoms with Crippen LogP contribution in [0.1, 0.15) is 151 Å². The summed E-state index contributed by atoms with van der Waals surface area (Å²) in [5.41, 5.74) is 9.88. The summed E-state index contributed by atoms with van der Waals surface area (Å²) in [7, 11) is 0.0726. The van der Waals surface area contributed by atoms with Crippen LogP contribution in [0.25, 0.3) is 21.5 Å². The molecule has 4 aliphatic rings. The van der Waals surface area contributed by atoms with Crippen molar-refractivity contribution in [1.82, 2.24) is 0 Å². The minimum atomic E-state index is 0. The average Bonchev–Trinajstić information content (AvgIpc) is 3.78. The maximum absolute atomic E-state index is 2.60. The van der Waals surface area contributed by atoms with Crippen LogP contribution in [-0.4, -0.2) is 22.6 Å². The van der Waals surface area contributed by atoms with Gasteiger partial charge in [-0.25, -0.2) is 0 Å². The van der Waals surface area contributed by atoms with Crippen molar-refractivity contribution in [1.29, 1.82) is 0 Å². The summed E-state index contributed by atoms with van der Waals surface area (Å²) in [5.74, 6) is 0. The molecule has 0 radical (unpaired) electrons. The van der Waals surface area contributed by atoms with Crippen molar-refractivity contribution in [2.24, 2.45) is 0 Å². The van der Waals surface area contributed by atoms with Crippen molar-refractivity contribution in [3.63, 3.8) is 0 Å². The van der Waals surface area contributed by atoms with Gasteiger partial charge in [-0.2, -0.15) is 12.1 Å². The standard InChI is InChI=1S/2C23H32P.2ClH.Hf/c2*1-17-13-14-18(2)23-16-21(15-22(17)23)24(19-9-5-3-6-10-19)20-11-7-4-8-12-20;;;/h2*13-16,19-20H,3-12H2,1-2H3;2*1H;/q2*-1;;;+4/p-2. The van der Waals surface area contributed by atoms with Crippen LogP contribution in [-0.2, 0) is 25.8 Å². The van der Waals surface area contributed by atoms with Crippen LogP contribution in [0.3, 0.4) is 0 Å². The molecule has 5 heteroatoms. The number of hydrogen-bond donors (Lipinski definition) is 0. The van der Waals surface area contributed by atoms with Crippen LogP contribution in [0, 0.1) is 27.7 Å². The van der Waals surface area contributed by atoms with Crippen molar-refractivity contribution in [3.05, 3.63) is 70.8 Å². The predicted octanol–water partition coefficient (Wildman–Crippen LogP) is 7.90. The monoisotopic (exact) mass is 928 g/mol. The van der Waals surface area contributed by atoms with Gasteiger partial charge in [0.1, 0.15) is 0 Å². The van der Waals surface area contributed by atoms with Crippen molar-refractivity contribution in [2.75, 3.05) is 0 Å². The van der Waals surface area contributed by atoms with Gasteiger partial charge in [0.25, 0.3) is 0 Å². The van der Waals surface area contributed by atoms with E-state index >= 15 is 0 Å². The molecule has 0 atom stereocenters. The molecule has 51 heavy (non-hydrogen) atoms. The zero-order chi connectivity index (χ0) is 33.0. The molecular formula is C46H64Cl2HfP2. The summed E-state index contributed by atoms with van der Waals surface area (Å²) in [6, 6.07) is 19.7. The molecule has 0 amide bonds. The fraction of sp³-hybridized carbons (Fsp3) is 0.609. The Kier molecular flexibility index (Phi) is 17.8. The largest absolute Gasteiger partial charge is 4.00 e. The molecule has 0 unspecified atom stereocenters. The Morgan fingerprint density at radius 3 is 0.922 bits per heavy atom. The summed E-state index contributed by atoms with van der Waals surface area (Å²) in [6.07, 6.45) is 29.8. The normalized spacial score (nSPS) is 19.7. The maximum atomic E-state index is 2.60. The van der Waals surface area contributed by atoms with Gasteiger partial charge < -0.3 is 24.8 Å². The first-order valence-electron chi connectivity index (χ1n) is 20.4. The van der Waals surface area contributed by atoms with Gasteiger partial charge >= 0.3 is 25.8 Å². The molecular weight excluding hydrogens is 864 g/mol. The van der Waals surface area contributed by atoms with Crippen LogP contribution >= 0.6 is 15.8 Å². The molecule has 4 fully saturated rings. The second-order valence-electron chi connectivity index (χ2n) is 16.5. The number of fused-ring (bicyclic) bond motifs is 2. The second-order valence-corrected chi connectivity index (χ2v) is 22.0. The van der Waals surface area contributed by atoms with E-state index in [-0.39, 0.29) is 66.5 Å². The van der Waals surface area contributed by atoms with E-state index in [1.807, 2.05) is 0 Å². The number of halogens is 2. The maximum Gasteiger partial charge on any atom is 4.00 e. The van der Waals surface area contributed by atoms with Gasteiger partial charge in [0.2, 0.25) is 0 Å². The molecule has 0 bridgehead atoms. The number of aryl methyl sites for hydroxylation is 4. The predicted molar refractivity (Wildman–Crippen MR) is 219 cm³/mol. The number of hydrogen-bond acceptors (Lipinski definition) is 0.